The molecule has 0 unspecified atom stereocenters. The Morgan fingerprint density at radius 3 is 2.50 bits per heavy atom. The molecule has 4 nitrogen and oxygen atoms in total. The molecule has 0 bridgehead atoms. The monoisotopic (exact) mass is 173 g/mol. The number of rotatable bonds is 5. The van der Waals surface area contributed by atoms with Crippen LogP contribution in [0.4, 0.5) is 0 Å². The van der Waals surface area contributed by atoms with Crippen LogP contribution in [0.3, 0.4) is 0 Å². The van der Waals surface area contributed by atoms with Crippen molar-refractivity contribution < 1.29 is 14.7 Å². The van der Waals surface area contributed by atoms with Crippen molar-refractivity contribution in [2.45, 2.75) is 39.2 Å². The molecule has 0 fully saturated rings. The van der Waals surface area contributed by atoms with Crippen LogP contribution in [0.5, 0.6) is 0 Å². The van der Waals surface area contributed by atoms with Crippen molar-refractivity contribution in [1.82, 2.24) is 5.32 Å². The van der Waals surface area contributed by atoms with Crippen LogP contribution in [0.15, 0.2) is 0 Å². The highest BCUT2D eigenvalue weighted by Gasteiger charge is 2.12. The minimum absolute atomic E-state index is 0.188. The van der Waals surface area contributed by atoms with Crippen LogP contribution in [0.1, 0.15) is 33.1 Å². The molecule has 12 heavy (non-hydrogen) atoms. The predicted octanol–water partition coefficient (Wildman–Crippen LogP) is 0.766. The van der Waals surface area contributed by atoms with E-state index in [1.165, 1.54) is 6.92 Å². The first-order valence-electron chi connectivity index (χ1n) is 4.10. The Morgan fingerprint density at radius 2 is 2.08 bits per heavy atom. The van der Waals surface area contributed by atoms with Crippen LogP contribution in [-0.2, 0) is 9.59 Å². The summed E-state index contributed by atoms with van der Waals surface area (Å²) in [5, 5.41) is 10.8. The van der Waals surface area contributed by atoms with Crippen LogP contribution in [0, 0.1) is 0 Å². The zero-order valence-electron chi connectivity index (χ0n) is 7.46. The Morgan fingerprint density at radius 1 is 1.50 bits per heavy atom. The highest BCUT2D eigenvalue weighted by molar-refractivity contribution is 5.83. The summed E-state index contributed by atoms with van der Waals surface area (Å²) in [6.07, 6.45) is 2.15. The zero-order valence-corrected chi connectivity index (χ0v) is 7.46. The topological polar surface area (TPSA) is 66.4 Å². The number of hydrogen-bond donors (Lipinski definition) is 2. The zero-order chi connectivity index (χ0) is 9.56. The summed E-state index contributed by atoms with van der Waals surface area (Å²) in [4.78, 5) is 21.2. The van der Waals surface area contributed by atoms with Crippen molar-refractivity contribution in [3.63, 3.8) is 0 Å². The fraction of sp³-hybridized carbons (Fsp3) is 0.750. The third-order valence-electron chi connectivity index (χ3n) is 1.51. The van der Waals surface area contributed by atoms with E-state index in [0.29, 0.717) is 6.42 Å². The van der Waals surface area contributed by atoms with Gasteiger partial charge in [-0.25, -0.2) is 0 Å². The van der Waals surface area contributed by atoms with Crippen LogP contribution < -0.4 is 5.32 Å². The molecule has 4 heteroatoms. The third kappa shape index (κ3) is 4.71. The Bertz CT molecular complexity index is 168. The van der Waals surface area contributed by atoms with Gasteiger partial charge >= 0.3 is 5.97 Å². The molecular weight excluding hydrogens is 158 g/mol. The van der Waals surface area contributed by atoms with E-state index in [1.807, 2.05) is 6.92 Å². The van der Waals surface area contributed by atoms with Gasteiger partial charge in [0, 0.05) is 6.42 Å². The maximum atomic E-state index is 10.9. The second kappa shape index (κ2) is 5.57. The largest absolute Gasteiger partial charge is 0.480 e. The van der Waals surface area contributed by atoms with Crippen LogP contribution in [0.25, 0.3) is 0 Å². The molecule has 0 rings (SSSR count). The molecule has 2 N–H and O–H groups in total. The van der Waals surface area contributed by atoms with Gasteiger partial charge in [0.2, 0.25) is 5.91 Å². The van der Waals surface area contributed by atoms with Gasteiger partial charge < -0.3 is 10.4 Å². The van der Waals surface area contributed by atoms with E-state index in [0.717, 1.165) is 12.8 Å². The number of hydrogen-bond acceptors (Lipinski definition) is 2. The molecule has 0 radical (unpaired) electrons. The summed E-state index contributed by atoms with van der Waals surface area (Å²) < 4.78 is 0. The summed E-state index contributed by atoms with van der Waals surface area (Å²) in [5.74, 6) is -1.19. The molecule has 1 atom stereocenters. The number of amides is 1. The van der Waals surface area contributed by atoms with Gasteiger partial charge in [0.15, 0.2) is 0 Å². The van der Waals surface area contributed by atoms with Crippen molar-refractivity contribution in [1.29, 1.82) is 0 Å². The molecule has 0 spiro atoms. The maximum Gasteiger partial charge on any atom is 0.325 e. The van der Waals surface area contributed by atoms with Crippen LogP contribution in [0.2, 0.25) is 0 Å². The highest BCUT2D eigenvalue weighted by Crippen LogP contribution is 1.94. The fourth-order valence-corrected chi connectivity index (χ4v) is 0.713. The minimum Gasteiger partial charge on any atom is -0.480 e. The first kappa shape index (κ1) is 10.9. The molecule has 0 aliphatic heterocycles. The standard InChI is InChI=1S/C8H15NO3/c1-3-4-5-7(10)9-6(2)8(11)12/h6H,3-5H2,1-2H3,(H,9,10)(H,11,12)/t6-/m0/s1. The average Bonchev–Trinajstić information content (AvgIpc) is 2.00. The van der Waals surface area contributed by atoms with Crippen molar-refractivity contribution in [2.75, 3.05) is 0 Å². The summed E-state index contributed by atoms with van der Waals surface area (Å²) in [6, 6.07) is -0.783. The maximum absolute atomic E-state index is 10.9. The van der Waals surface area contributed by atoms with Crippen molar-refractivity contribution in [3.8, 4) is 0 Å². The van der Waals surface area contributed by atoms with Crippen LogP contribution in [-0.4, -0.2) is 23.0 Å². The lowest BCUT2D eigenvalue weighted by Gasteiger charge is -2.07. The number of nitrogens with one attached hydrogen (secondary N) is 1. The first-order chi connectivity index (χ1) is 5.57. The Hall–Kier alpha value is -1.06. The van der Waals surface area contributed by atoms with E-state index in [2.05, 4.69) is 5.32 Å². The Kier molecular flexibility index (Phi) is 5.08. The van der Waals surface area contributed by atoms with E-state index in [1.54, 1.807) is 0 Å². The van der Waals surface area contributed by atoms with Gasteiger partial charge in [0.1, 0.15) is 6.04 Å². The van der Waals surface area contributed by atoms with Crippen molar-refractivity contribution in [2.24, 2.45) is 0 Å². The highest BCUT2D eigenvalue weighted by atomic mass is 16.4. The molecule has 0 aromatic heterocycles. The predicted molar refractivity (Wildman–Crippen MR) is 44.8 cm³/mol. The average molecular weight is 173 g/mol. The quantitative estimate of drug-likeness (QED) is 0.645. The van der Waals surface area contributed by atoms with E-state index >= 15 is 0 Å². The summed E-state index contributed by atoms with van der Waals surface area (Å²) in [5.41, 5.74) is 0. The second-order valence-corrected chi connectivity index (χ2v) is 2.73. The van der Waals surface area contributed by atoms with E-state index < -0.39 is 12.0 Å². The molecule has 0 saturated heterocycles. The molecule has 0 aromatic carbocycles. The first-order valence-corrected chi connectivity index (χ1v) is 4.10. The van der Waals surface area contributed by atoms with Gasteiger partial charge in [-0.1, -0.05) is 13.3 Å². The lowest BCUT2D eigenvalue weighted by atomic mass is 10.2. The fourth-order valence-electron chi connectivity index (χ4n) is 0.713. The molecule has 70 valence electrons. The summed E-state index contributed by atoms with van der Waals surface area (Å²) >= 11 is 0. The molecule has 0 aliphatic carbocycles. The molecule has 0 saturated carbocycles. The Balaban J connectivity index is 3.61. The number of carboxylic acid groups (broad SMARTS) is 1. The SMILES string of the molecule is CCCCC(=O)N[C@@H](C)C(=O)O. The van der Waals surface area contributed by atoms with Crippen molar-refractivity contribution >= 4 is 11.9 Å². The van der Waals surface area contributed by atoms with Gasteiger partial charge in [-0.3, -0.25) is 9.59 Å². The second-order valence-electron chi connectivity index (χ2n) is 2.73. The molecule has 1 amide bonds. The molecular formula is C8H15NO3. The van der Waals surface area contributed by atoms with Gasteiger partial charge in [0.05, 0.1) is 0 Å². The summed E-state index contributed by atoms with van der Waals surface area (Å²) in [6.45, 7) is 3.43. The molecule has 0 heterocycles. The van der Waals surface area contributed by atoms with E-state index in [-0.39, 0.29) is 5.91 Å². The third-order valence-corrected chi connectivity index (χ3v) is 1.51. The molecule has 0 aliphatic rings. The van der Waals surface area contributed by atoms with E-state index in [4.69, 9.17) is 5.11 Å². The number of carbonyl (C=O) groups excluding carboxylic acids is 1. The number of aliphatic carboxylic acids is 1. The van der Waals surface area contributed by atoms with Crippen molar-refractivity contribution in [3.05, 3.63) is 0 Å². The number of carbonyl (C=O) groups is 2. The number of unbranched alkanes of at least 4 members (excludes halogenated alkanes) is 1. The molecule has 0 aromatic rings. The number of carboxylic acids is 1. The van der Waals surface area contributed by atoms with Crippen LogP contribution >= 0.6 is 0 Å². The smallest absolute Gasteiger partial charge is 0.325 e. The van der Waals surface area contributed by atoms with Gasteiger partial charge in [-0.2, -0.15) is 0 Å². The van der Waals surface area contributed by atoms with Gasteiger partial charge in [-0.05, 0) is 13.3 Å². The summed E-state index contributed by atoms with van der Waals surface area (Å²) in [7, 11) is 0. The lowest BCUT2D eigenvalue weighted by Crippen LogP contribution is -2.38. The Labute approximate surface area is 72.0 Å². The van der Waals surface area contributed by atoms with E-state index in [9.17, 15) is 9.59 Å². The lowest BCUT2D eigenvalue weighted by molar-refractivity contribution is -0.141. The van der Waals surface area contributed by atoms with Gasteiger partial charge in [0.25, 0.3) is 0 Å². The van der Waals surface area contributed by atoms with Gasteiger partial charge in [-0.15, -0.1) is 0 Å². The normalized spacial score (nSPS) is 12.2. The minimum atomic E-state index is -1.00.